The standard InChI is InChI=1S/C70H52N2O/c1-69(2)60-32-13-11-23-53(60)56-28-15-25-51(66(56)69)45-35-39-49(40-36-45)71(50-41-37-46(38-42-50)52-26-16-29-57-54-24-12-14-33-61(54)70(3,4)67(52)57)62-43-44-64-65-55(27-17-31-59(62)65)58-30-18-34-63(68(58)73-64)72(47-19-7-5-8-20-47)48-21-9-6-10-22-48/h5-44H,1-4H3. The smallest absolute Gasteiger partial charge is 0.159 e. The van der Waals surface area contributed by atoms with Gasteiger partial charge in [0.25, 0.3) is 0 Å². The molecule has 11 aromatic carbocycles. The molecule has 0 bridgehead atoms. The van der Waals surface area contributed by atoms with Gasteiger partial charge in [-0.2, -0.15) is 0 Å². The zero-order valence-electron chi connectivity index (χ0n) is 41.4. The first-order chi connectivity index (χ1) is 35.8. The molecular weight excluding hydrogens is 885 g/mol. The number of para-hydroxylation sites is 3. The molecule has 3 heteroatoms. The molecule has 11 aromatic rings. The van der Waals surface area contributed by atoms with E-state index in [4.69, 9.17) is 4.74 Å². The van der Waals surface area contributed by atoms with Gasteiger partial charge in [-0.05, 0) is 139 Å². The molecule has 73 heavy (non-hydrogen) atoms. The predicted octanol–water partition coefficient (Wildman–Crippen LogP) is 19.5. The second-order valence-electron chi connectivity index (χ2n) is 20.8. The van der Waals surface area contributed by atoms with E-state index >= 15 is 0 Å². The highest BCUT2D eigenvalue weighted by Gasteiger charge is 2.39. The summed E-state index contributed by atoms with van der Waals surface area (Å²) in [5.74, 6) is 1.67. The van der Waals surface area contributed by atoms with Gasteiger partial charge in [-0.3, -0.25) is 0 Å². The maximum Gasteiger partial charge on any atom is 0.159 e. The Morgan fingerprint density at radius 3 is 1.26 bits per heavy atom. The highest BCUT2D eigenvalue weighted by atomic mass is 16.5. The summed E-state index contributed by atoms with van der Waals surface area (Å²) in [5.41, 5.74) is 24.1. The molecule has 0 radical (unpaired) electrons. The Balaban J connectivity index is 0.916. The van der Waals surface area contributed by atoms with Crippen LogP contribution in [0.15, 0.2) is 243 Å². The van der Waals surface area contributed by atoms with E-state index in [0.29, 0.717) is 0 Å². The fourth-order valence-corrected chi connectivity index (χ4v) is 12.8. The van der Waals surface area contributed by atoms with Gasteiger partial charge in [0.05, 0.1) is 11.4 Å². The van der Waals surface area contributed by atoms with Gasteiger partial charge in [-0.1, -0.05) is 204 Å². The van der Waals surface area contributed by atoms with Crippen LogP contribution in [0.4, 0.5) is 34.1 Å². The predicted molar refractivity (Wildman–Crippen MR) is 305 cm³/mol. The van der Waals surface area contributed by atoms with Crippen LogP contribution in [0, 0.1) is 0 Å². The Kier molecular flexibility index (Phi) is 9.59. The van der Waals surface area contributed by atoms with Crippen LogP contribution >= 0.6 is 0 Å². The van der Waals surface area contributed by atoms with E-state index in [1.54, 1.807) is 0 Å². The Morgan fingerprint density at radius 1 is 0.301 bits per heavy atom. The molecule has 1 heterocycles. The van der Waals surface area contributed by atoms with Crippen molar-refractivity contribution in [3.8, 4) is 67.1 Å². The summed E-state index contributed by atoms with van der Waals surface area (Å²) in [4.78, 5) is 4.72. The third-order valence-corrected chi connectivity index (χ3v) is 16.0. The lowest BCUT2D eigenvalue weighted by Gasteiger charge is -2.32. The lowest BCUT2D eigenvalue weighted by Crippen LogP contribution is -2.16. The molecule has 0 fully saturated rings. The molecule has 0 spiro atoms. The quantitative estimate of drug-likeness (QED) is 0.151. The first-order valence-corrected chi connectivity index (χ1v) is 25.5. The first-order valence-electron chi connectivity index (χ1n) is 25.5. The second kappa shape index (κ2) is 16.3. The molecule has 0 saturated heterocycles. The fourth-order valence-electron chi connectivity index (χ4n) is 12.8. The lowest BCUT2D eigenvalue weighted by atomic mass is 9.79. The number of hydrogen-bond acceptors (Lipinski definition) is 3. The SMILES string of the molecule is CC1(C)c2ccccc2-c2cccc(-c3ccc(N(c4ccc(-c5cccc6c5C(C)(C)c5ccccc5-6)cc4)c4ccc5c6c(cccc46)-c4cccc(N(c6ccccc6)c6ccccc6)c4O5)cc3)c21. The topological polar surface area (TPSA) is 15.7 Å². The number of anilines is 6. The van der Waals surface area contributed by atoms with Crippen molar-refractivity contribution in [1.82, 2.24) is 0 Å². The van der Waals surface area contributed by atoms with Crippen molar-refractivity contribution in [1.29, 1.82) is 0 Å². The number of rotatable bonds is 8. The van der Waals surface area contributed by atoms with Crippen molar-refractivity contribution >= 4 is 44.9 Å². The molecule has 0 atom stereocenters. The van der Waals surface area contributed by atoms with Crippen LogP contribution in [-0.4, -0.2) is 0 Å². The van der Waals surface area contributed by atoms with Gasteiger partial charge in [0, 0.05) is 49.9 Å². The Hall–Kier alpha value is -8.92. The zero-order chi connectivity index (χ0) is 49.0. The molecule has 0 N–H and O–H groups in total. The van der Waals surface area contributed by atoms with Gasteiger partial charge in [0.2, 0.25) is 0 Å². The van der Waals surface area contributed by atoms with Crippen LogP contribution in [0.2, 0.25) is 0 Å². The van der Waals surface area contributed by atoms with Gasteiger partial charge < -0.3 is 14.5 Å². The van der Waals surface area contributed by atoms with Gasteiger partial charge in [-0.15, -0.1) is 0 Å². The molecule has 2 aliphatic carbocycles. The van der Waals surface area contributed by atoms with E-state index in [0.717, 1.165) is 67.5 Å². The number of fused-ring (bicyclic) bond motifs is 8. The summed E-state index contributed by atoms with van der Waals surface area (Å²) in [6.45, 7) is 9.48. The Bertz CT molecular complexity index is 3790. The van der Waals surface area contributed by atoms with E-state index in [1.807, 2.05) is 0 Å². The van der Waals surface area contributed by atoms with Crippen molar-refractivity contribution in [3.05, 3.63) is 265 Å². The largest absolute Gasteiger partial charge is 0.454 e. The fraction of sp³-hybridized carbons (Fsp3) is 0.0857. The van der Waals surface area contributed by atoms with E-state index < -0.39 is 0 Å². The molecule has 3 aliphatic rings. The van der Waals surface area contributed by atoms with Crippen molar-refractivity contribution < 1.29 is 4.74 Å². The minimum atomic E-state index is -0.127. The maximum atomic E-state index is 7.17. The molecule has 0 amide bonds. The van der Waals surface area contributed by atoms with Gasteiger partial charge in [0.15, 0.2) is 5.75 Å². The first kappa shape index (κ1) is 42.9. The summed E-state index contributed by atoms with van der Waals surface area (Å²) in [6.07, 6.45) is 0. The maximum absolute atomic E-state index is 7.17. The van der Waals surface area contributed by atoms with Gasteiger partial charge in [0.1, 0.15) is 5.75 Å². The van der Waals surface area contributed by atoms with Crippen molar-refractivity contribution in [3.63, 3.8) is 0 Å². The normalized spacial score (nSPS) is 13.8. The summed E-state index contributed by atoms with van der Waals surface area (Å²) in [6, 6.07) is 88.6. The average Bonchev–Trinajstić information content (AvgIpc) is 3.83. The molecule has 3 nitrogen and oxygen atoms in total. The number of hydrogen-bond donors (Lipinski definition) is 0. The highest BCUT2D eigenvalue weighted by Crippen LogP contribution is 2.57. The number of benzene rings is 11. The van der Waals surface area contributed by atoms with Crippen LogP contribution in [0.1, 0.15) is 49.9 Å². The van der Waals surface area contributed by atoms with E-state index in [1.165, 1.54) is 66.8 Å². The van der Waals surface area contributed by atoms with Crippen LogP contribution in [0.25, 0.3) is 66.4 Å². The third kappa shape index (κ3) is 6.51. The summed E-state index contributed by atoms with van der Waals surface area (Å²) in [7, 11) is 0. The van der Waals surface area contributed by atoms with E-state index in [2.05, 4.69) is 280 Å². The number of ether oxygens (including phenoxy) is 1. The van der Waals surface area contributed by atoms with Crippen molar-refractivity contribution in [2.45, 2.75) is 38.5 Å². The van der Waals surface area contributed by atoms with Crippen LogP contribution in [0.3, 0.4) is 0 Å². The minimum Gasteiger partial charge on any atom is -0.454 e. The summed E-state index contributed by atoms with van der Waals surface area (Å²) < 4.78 is 7.17. The Labute approximate surface area is 427 Å². The van der Waals surface area contributed by atoms with Crippen LogP contribution < -0.4 is 14.5 Å². The Morgan fingerprint density at radius 2 is 0.712 bits per heavy atom. The molecular formula is C70H52N2O. The highest BCUT2D eigenvalue weighted by molar-refractivity contribution is 6.12. The average molecular weight is 937 g/mol. The van der Waals surface area contributed by atoms with Gasteiger partial charge >= 0.3 is 0 Å². The van der Waals surface area contributed by atoms with Gasteiger partial charge in [-0.25, -0.2) is 0 Å². The van der Waals surface area contributed by atoms with E-state index in [9.17, 15) is 0 Å². The molecule has 348 valence electrons. The second-order valence-corrected chi connectivity index (χ2v) is 20.8. The summed E-state index contributed by atoms with van der Waals surface area (Å²) in [5, 5.41) is 2.21. The van der Waals surface area contributed by atoms with E-state index in [-0.39, 0.29) is 10.8 Å². The lowest BCUT2D eigenvalue weighted by molar-refractivity contribution is 0.488. The molecule has 0 saturated carbocycles. The number of nitrogens with zero attached hydrogens (tertiary/aromatic N) is 2. The minimum absolute atomic E-state index is 0.127. The molecule has 0 unspecified atom stereocenters. The molecule has 14 rings (SSSR count). The third-order valence-electron chi connectivity index (χ3n) is 16.0. The zero-order valence-corrected chi connectivity index (χ0v) is 41.4. The summed E-state index contributed by atoms with van der Waals surface area (Å²) >= 11 is 0. The van der Waals surface area contributed by atoms with Crippen LogP contribution in [0.5, 0.6) is 11.5 Å². The van der Waals surface area contributed by atoms with Crippen molar-refractivity contribution in [2.24, 2.45) is 0 Å². The molecule has 1 aliphatic heterocycles. The molecule has 0 aromatic heterocycles. The van der Waals surface area contributed by atoms with Crippen LogP contribution in [-0.2, 0) is 10.8 Å². The monoisotopic (exact) mass is 936 g/mol. The van der Waals surface area contributed by atoms with Crippen molar-refractivity contribution in [2.75, 3.05) is 9.80 Å².